The number of benzene rings is 1. The molecule has 104 valence electrons. The number of nitro benzene ring substituents is 1. The van der Waals surface area contributed by atoms with Gasteiger partial charge in [-0.3, -0.25) is 15.1 Å². The molecule has 9 heteroatoms. The van der Waals surface area contributed by atoms with E-state index in [0.717, 1.165) is 4.88 Å². The van der Waals surface area contributed by atoms with Gasteiger partial charge in [0.1, 0.15) is 6.61 Å². The summed E-state index contributed by atoms with van der Waals surface area (Å²) >= 11 is 1.39. The zero-order valence-electron chi connectivity index (χ0n) is 10.1. The van der Waals surface area contributed by atoms with E-state index in [9.17, 15) is 10.1 Å². The van der Waals surface area contributed by atoms with Crippen LogP contribution in [0.25, 0.3) is 0 Å². The molecule has 2 aromatic rings. The van der Waals surface area contributed by atoms with Gasteiger partial charge in [0, 0.05) is 17.8 Å². The van der Waals surface area contributed by atoms with Gasteiger partial charge in [-0.25, -0.2) is 0 Å². The smallest absolute Gasteiger partial charge is 0.311 e. The van der Waals surface area contributed by atoms with Crippen molar-refractivity contribution in [2.24, 2.45) is 10.9 Å². The first-order chi connectivity index (χ1) is 9.61. The molecular weight excluding hydrogens is 284 g/mol. The third kappa shape index (κ3) is 3.01. The van der Waals surface area contributed by atoms with Gasteiger partial charge < -0.3 is 15.7 Å². The molecule has 0 unspecified atom stereocenters. The van der Waals surface area contributed by atoms with Gasteiger partial charge in [-0.2, -0.15) is 0 Å². The Hall–Kier alpha value is -2.68. The van der Waals surface area contributed by atoms with Crippen molar-refractivity contribution in [3.8, 4) is 5.75 Å². The molecule has 0 bridgehead atoms. The van der Waals surface area contributed by atoms with Crippen molar-refractivity contribution < 1.29 is 14.9 Å². The molecule has 1 heterocycles. The molecule has 3 N–H and O–H groups in total. The number of oxime groups is 1. The lowest BCUT2D eigenvalue weighted by Gasteiger charge is -2.06. The summed E-state index contributed by atoms with van der Waals surface area (Å²) in [4.78, 5) is 15.2. The third-order valence-electron chi connectivity index (χ3n) is 2.41. The lowest BCUT2D eigenvalue weighted by atomic mass is 10.1. The van der Waals surface area contributed by atoms with Crippen LogP contribution in [0.3, 0.4) is 0 Å². The molecule has 2 rings (SSSR count). The van der Waals surface area contributed by atoms with E-state index in [-0.39, 0.29) is 29.4 Å². The Bertz CT molecular complexity index is 642. The van der Waals surface area contributed by atoms with Crippen LogP contribution < -0.4 is 10.5 Å². The van der Waals surface area contributed by atoms with Crippen LogP contribution in [0.15, 0.2) is 35.1 Å². The first-order valence-corrected chi connectivity index (χ1v) is 6.26. The summed E-state index contributed by atoms with van der Waals surface area (Å²) in [6, 6.07) is 4.08. The number of ether oxygens (including phenoxy) is 1. The molecule has 0 spiro atoms. The minimum atomic E-state index is -0.587. The van der Waals surface area contributed by atoms with Crippen molar-refractivity contribution in [2.45, 2.75) is 6.61 Å². The Morgan fingerprint density at radius 2 is 2.40 bits per heavy atom. The molecular formula is C11H10N4O4S. The van der Waals surface area contributed by atoms with E-state index in [4.69, 9.17) is 15.7 Å². The monoisotopic (exact) mass is 294 g/mol. The highest BCUT2D eigenvalue weighted by Crippen LogP contribution is 2.29. The lowest BCUT2D eigenvalue weighted by Crippen LogP contribution is -2.13. The largest absolute Gasteiger partial charge is 0.481 e. The quantitative estimate of drug-likeness (QED) is 0.284. The summed E-state index contributed by atoms with van der Waals surface area (Å²) in [5, 5.41) is 22.4. The average molecular weight is 294 g/mol. The molecule has 0 amide bonds. The summed E-state index contributed by atoms with van der Waals surface area (Å²) in [7, 11) is 0. The highest BCUT2D eigenvalue weighted by molar-refractivity contribution is 7.09. The second kappa shape index (κ2) is 5.97. The Labute approximate surface area is 117 Å². The van der Waals surface area contributed by atoms with Crippen LogP contribution in [0.5, 0.6) is 5.75 Å². The number of amidine groups is 1. The van der Waals surface area contributed by atoms with Gasteiger partial charge in [0.05, 0.1) is 15.3 Å². The zero-order chi connectivity index (χ0) is 14.5. The maximum absolute atomic E-state index is 11.0. The number of nitrogens with two attached hydrogens (primary N) is 1. The molecule has 8 nitrogen and oxygen atoms in total. The van der Waals surface area contributed by atoms with E-state index in [0.29, 0.717) is 0 Å². The molecule has 0 aliphatic heterocycles. The highest BCUT2D eigenvalue weighted by Gasteiger charge is 2.17. The predicted octanol–water partition coefficient (Wildman–Crippen LogP) is 1.72. The summed E-state index contributed by atoms with van der Waals surface area (Å²) < 4.78 is 5.40. The average Bonchev–Trinajstić information content (AvgIpc) is 2.97. The minimum Gasteiger partial charge on any atom is -0.481 e. The number of aromatic nitrogens is 1. The molecule has 0 fully saturated rings. The molecule has 0 atom stereocenters. The predicted molar refractivity (Wildman–Crippen MR) is 72.1 cm³/mol. The molecule has 20 heavy (non-hydrogen) atoms. The normalized spacial score (nSPS) is 11.3. The van der Waals surface area contributed by atoms with E-state index in [1.807, 2.05) is 0 Å². The number of thiazole rings is 1. The number of nitro groups is 1. The van der Waals surface area contributed by atoms with E-state index >= 15 is 0 Å². The topological polar surface area (TPSA) is 124 Å². The fourth-order valence-electron chi connectivity index (χ4n) is 1.46. The van der Waals surface area contributed by atoms with Crippen molar-refractivity contribution in [1.82, 2.24) is 4.98 Å². The van der Waals surface area contributed by atoms with Crippen LogP contribution in [0, 0.1) is 10.1 Å². The molecule has 1 aromatic carbocycles. The molecule has 0 aliphatic rings. The molecule has 0 aliphatic carbocycles. The number of hydrogen-bond donors (Lipinski definition) is 2. The lowest BCUT2D eigenvalue weighted by molar-refractivity contribution is -0.385. The molecule has 0 saturated heterocycles. The fraction of sp³-hybridized carbons (Fsp3) is 0.0909. The van der Waals surface area contributed by atoms with E-state index < -0.39 is 4.92 Å². The van der Waals surface area contributed by atoms with E-state index in [2.05, 4.69) is 10.1 Å². The Kier molecular flexibility index (Phi) is 4.11. The van der Waals surface area contributed by atoms with Crippen LogP contribution in [0.2, 0.25) is 0 Å². The first kappa shape index (κ1) is 13.7. The third-order valence-corrected chi connectivity index (χ3v) is 3.17. The van der Waals surface area contributed by atoms with Crippen molar-refractivity contribution in [1.29, 1.82) is 0 Å². The standard InChI is InChI=1S/C11H10N4O4S/c12-11(14-16)7-1-2-10(9(3-7)15(17)18)19-5-8-4-13-6-20-8/h1-4,6,16H,5H2,(H2,12,14). The molecule has 1 aromatic heterocycles. The van der Waals surface area contributed by atoms with Crippen molar-refractivity contribution in [2.75, 3.05) is 0 Å². The van der Waals surface area contributed by atoms with Gasteiger partial charge in [0.2, 0.25) is 0 Å². The van der Waals surface area contributed by atoms with Gasteiger partial charge in [0.15, 0.2) is 11.6 Å². The van der Waals surface area contributed by atoms with Crippen LogP contribution >= 0.6 is 11.3 Å². The van der Waals surface area contributed by atoms with Crippen LogP contribution in [0.4, 0.5) is 5.69 Å². The summed E-state index contributed by atoms with van der Waals surface area (Å²) in [5.41, 5.74) is 7.03. The zero-order valence-corrected chi connectivity index (χ0v) is 10.9. The van der Waals surface area contributed by atoms with Crippen LogP contribution in [-0.4, -0.2) is 21.0 Å². The number of rotatable bonds is 5. The molecule has 0 radical (unpaired) electrons. The number of hydrogen-bond acceptors (Lipinski definition) is 7. The van der Waals surface area contributed by atoms with Gasteiger partial charge in [-0.1, -0.05) is 5.16 Å². The van der Waals surface area contributed by atoms with Crippen molar-refractivity contribution in [3.63, 3.8) is 0 Å². The van der Waals surface area contributed by atoms with Gasteiger partial charge in [-0.05, 0) is 12.1 Å². The summed E-state index contributed by atoms with van der Waals surface area (Å²) in [6.07, 6.45) is 1.63. The Balaban J connectivity index is 2.26. The Morgan fingerprint density at radius 3 is 3.00 bits per heavy atom. The van der Waals surface area contributed by atoms with Crippen molar-refractivity contribution in [3.05, 3.63) is 50.5 Å². The minimum absolute atomic E-state index is 0.109. The Morgan fingerprint density at radius 1 is 1.60 bits per heavy atom. The second-order valence-electron chi connectivity index (χ2n) is 3.68. The van der Waals surface area contributed by atoms with Crippen LogP contribution in [0.1, 0.15) is 10.4 Å². The maximum atomic E-state index is 11.0. The first-order valence-electron chi connectivity index (χ1n) is 5.38. The van der Waals surface area contributed by atoms with Gasteiger partial charge in [-0.15, -0.1) is 11.3 Å². The van der Waals surface area contributed by atoms with E-state index in [1.54, 1.807) is 11.7 Å². The highest BCUT2D eigenvalue weighted by atomic mass is 32.1. The maximum Gasteiger partial charge on any atom is 0.311 e. The summed E-state index contributed by atoms with van der Waals surface area (Å²) in [5.74, 6) is -0.0972. The molecule has 0 saturated carbocycles. The SMILES string of the molecule is N/C(=N/O)c1ccc(OCc2cncs2)c([N+](=O)[O-])c1. The summed E-state index contributed by atoms with van der Waals surface area (Å²) in [6.45, 7) is 0.189. The number of nitrogens with zero attached hydrogens (tertiary/aromatic N) is 3. The van der Waals surface area contributed by atoms with Crippen LogP contribution in [-0.2, 0) is 6.61 Å². The van der Waals surface area contributed by atoms with Gasteiger partial charge in [0.25, 0.3) is 0 Å². The second-order valence-corrected chi connectivity index (χ2v) is 4.65. The van der Waals surface area contributed by atoms with Gasteiger partial charge >= 0.3 is 5.69 Å². The fourth-order valence-corrected chi connectivity index (χ4v) is 1.97. The van der Waals surface area contributed by atoms with Crippen molar-refractivity contribution >= 4 is 22.9 Å². The van der Waals surface area contributed by atoms with E-state index in [1.165, 1.54) is 29.5 Å².